The molecule has 1 heterocycles. The SMILES string of the molecule is CCOC(=O)C(C[C@H](N)C(=O)O)c1cccc2c1[nH]c1ccccc12. The molecule has 0 radical (unpaired) electrons. The van der Waals surface area contributed by atoms with E-state index in [0.29, 0.717) is 5.56 Å². The normalized spacial score (nSPS) is 13.7. The average molecular weight is 340 g/mol. The van der Waals surface area contributed by atoms with Crippen molar-refractivity contribution in [3.63, 3.8) is 0 Å². The highest BCUT2D eigenvalue weighted by molar-refractivity contribution is 6.09. The van der Waals surface area contributed by atoms with Gasteiger partial charge >= 0.3 is 11.9 Å². The fraction of sp³-hybridized carbons (Fsp3) is 0.263. The second kappa shape index (κ2) is 6.94. The molecular weight excluding hydrogens is 320 g/mol. The van der Waals surface area contributed by atoms with Crippen molar-refractivity contribution in [3.05, 3.63) is 48.0 Å². The molecule has 2 aromatic carbocycles. The van der Waals surface area contributed by atoms with Crippen molar-refractivity contribution in [2.24, 2.45) is 5.73 Å². The molecule has 0 spiro atoms. The predicted molar refractivity (Wildman–Crippen MR) is 95.4 cm³/mol. The van der Waals surface area contributed by atoms with Gasteiger partial charge in [0.15, 0.2) is 0 Å². The lowest BCUT2D eigenvalue weighted by Gasteiger charge is -2.18. The molecule has 6 nitrogen and oxygen atoms in total. The van der Waals surface area contributed by atoms with Gasteiger partial charge in [-0.2, -0.15) is 0 Å². The largest absolute Gasteiger partial charge is 0.480 e. The highest BCUT2D eigenvalue weighted by atomic mass is 16.5. The molecule has 25 heavy (non-hydrogen) atoms. The number of nitrogens with two attached hydrogens (primary N) is 1. The van der Waals surface area contributed by atoms with E-state index in [1.165, 1.54) is 0 Å². The van der Waals surface area contributed by atoms with E-state index >= 15 is 0 Å². The third kappa shape index (κ3) is 3.21. The van der Waals surface area contributed by atoms with E-state index in [4.69, 9.17) is 15.6 Å². The van der Waals surface area contributed by atoms with Crippen molar-refractivity contribution in [2.75, 3.05) is 6.61 Å². The maximum Gasteiger partial charge on any atom is 0.320 e. The lowest BCUT2D eigenvalue weighted by Crippen LogP contribution is -2.34. The first-order chi connectivity index (χ1) is 12.0. The number of carbonyl (C=O) groups is 2. The molecule has 1 aromatic heterocycles. The number of hydrogen-bond acceptors (Lipinski definition) is 4. The molecule has 6 heteroatoms. The third-order valence-electron chi connectivity index (χ3n) is 4.33. The summed E-state index contributed by atoms with van der Waals surface area (Å²) < 4.78 is 5.16. The van der Waals surface area contributed by atoms with Gasteiger partial charge in [0.25, 0.3) is 0 Å². The van der Waals surface area contributed by atoms with Crippen LogP contribution in [0, 0.1) is 0 Å². The molecule has 3 aromatic rings. The van der Waals surface area contributed by atoms with Crippen LogP contribution in [0.1, 0.15) is 24.8 Å². The summed E-state index contributed by atoms with van der Waals surface area (Å²) in [6.45, 7) is 1.94. The lowest BCUT2D eigenvalue weighted by molar-refractivity contribution is -0.145. The molecule has 0 saturated heterocycles. The maximum absolute atomic E-state index is 12.5. The van der Waals surface area contributed by atoms with Crippen LogP contribution in [0.3, 0.4) is 0 Å². The Kier molecular flexibility index (Phi) is 4.72. The number of carbonyl (C=O) groups excluding carboxylic acids is 1. The zero-order valence-corrected chi connectivity index (χ0v) is 13.9. The van der Waals surface area contributed by atoms with Gasteiger partial charge in [-0.1, -0.05) is 36.4 Å². The molecule has 0 aliphatic heterocycles. The van der Waals surface area contributed by atoms with Crippen molar-refractivity contribution in [3.8, 4) is 0 Å². The second-order valence-electron chi connectivity index (χ2n) is 5.93. The van der Waals surface area contributed by atoms with Crippen LogP contribution in [0.15, 0.2) is 42.5 Å². The number of ether oxygens (including phenoxy) is 1. The van der Waals surface area contributed by atoms with Crippen molar-refractivity contribution >= 4 is 33.7 Å². The van der Waals surface area contributed by atoms with E-state index in [2.05, 4.69) is 4.98 Å². The minimum absolute atomic E-state index is 0.0252. The summed E-state index contributed by atoms with van der Waals surface area (Å²) in [5, 5.41) is 11.2. The van der Waals surface area contributed by atoms with Crippen LogP contribution in [0.5, 0.6) is 0 Å². The number of carboxylic acid groups (broad SMARTS) is 1. The Bertz CT molecular complexity index is 931. The van der Waals surface area contributed by atoms with E-state index in [-0.39, 0.29) is 13.0 Å². The highest BCUT2D eigenvalue weighted by Gasteiger charge is 2.29. The molecule has 3 rings (SSSR count). The van der Waals surface area contributed by atoms with E-state index in [1.54, 1.807) is 6.92 Å². The topological polar surface area (TPSA) is 105 Å². The van der Waals surface area contributed by atoms with Crippen LogP contribution >= 0.6 is 0 Å². The van der Waals surface area contributed by atoms with Gasteiger partial charge in [0.1, 0.15) is 6.04 Å². The van der Waals surface area contributed by atoms with E-state index in [9.17, 15) is 9.59 Å². The summed E-state index contributed by atoms with van der Waals surface area (Å²) in [7, 11) is 0. The number of nitrogens with one attached hydrogen (secondary N) is 1. The molecule has 0 aliphatic rings. The molecule has 0 amide bonds. The Morgan fingerprint density at radius 1 is 1.16 bits per heavy atom. The number of para-hydroxylation sites is 2. The van der Waals surface area contributed by atoms with Crippen molar-refractivity contribution < 1.29 is 19.4 Å². The van der Waals surface area contributed by atoms with Gasteiger partial charge in [0.05, 0.1) is 18.0 Å². The number of aliphatic carboxylic acids is 1. The van der Waals surface area contributed by atoms with Gasteiger partial charge in [-0.3, -0.25) is 9.59 Å². The zero-order valence-electron chi connectivity index (χ0n) is 13.9. The monoisotopic (exact) mass is 340 g/mol. The van der Waals surface area contributed by atoms with Gasteiger partial charge in [-0.15, -0.1) is 0 Å². The number of H-pyrrole nitrogens is 1. The number of carboxylic acids is 1. The standard InChI is InChI=1S/C19H20N2O4/c1-2-25-19(24)14(10-15(20)18(22)23)13-8-5-7-12-11-6-3-4-9-16(11)21-17(12)13/h3-9,14-15,21H,2,10,20H2,1H3,(H,22,23)/t14?,15-/m0/s1. The van der Waals surface area contributed by atoms with Crippen LogP contribution in [0.2, 0.25) is 0 Å². The first-order valence-electron chi connectivity index (χ1n) is 8.17. The summed E-state index contributed by atoms with van der Waals surface area (Å²) in [5.74, 6) is -2.36. The summed E-state index contributed by atoms with van der Waals surface area (Å²) in [6.07, 6.45) is -0.0252. The number of aromatic amines is 1. The minimum Gasteiger partial charge on any atom is -0.480 e. The Labute approximate surface area is 144 Å². The second-order valence-corrected chi connectivity index (χ2v) is 5.93. The predicted octanol–water partition coefficient (Wildman–Crippen LogP) is 2.77. The van der Waals surface area contributed by atoms with E-state index in [1.807, 2.05) is 42.5 Å². The van der Waals surface area contributed by atoms with Gasteiger partial charge < -0.3 is 20.6 Å². The lowest BCUT2D eigenvalue weighted by atomic mass is 9.90. The molecule has 130 valence electrons. The molecule has 0 bridgehead atoms. The highest BCUT2D eigenvalue weighted by Crippen LogP contribution is 2.33. The van der Waals surface area contributed by atoms with Gasteiger partial charge in [0.2, 0.25) is 0 Å². The molecule has 0 aliphatic carbocycles. The molecule has 0 saturated carbocycles. The number of fused-ring (bicyclic) bond motifs is 3. The van der Waals surface area contributed by atoms with Crippen LogP contribution in [-0.4, -0.2) is 34.7 Å². The number of hydrogen-bond donors (Lipinski definition) is 3. The Morgan fingerprint density at radius 2 is 1.88 bits per heavy atom. The molecule has 2 atom stereocenters. The summed E-state index contributed by atoms with van der Waals surface area (Å²) in [4.78, 5) is 27.0. The van der Waals surface area contributed by atoms with Crippen LogP contribution in [-0.2, 0) is 14.3 Å². The first-order valence-corrected chi connectivity index (χ1v) is 8.17. The van der Waals surface area contributed by atoms with Gasteiger partial charge in [-0.05, 0) is 25.0 Å². The Balaban J connectivity index is 2.14. The van der Waals surface area contributed by atoms with Crippen molar-refractivity contribution in [1.29, 1.82) is 0 Å². The maximum atomic E-state index is 12.5. The fourth-order valence-corrected chi connectivity index (χ4v) is 3.13. The summed E-state index contributed by atoms with van der Waals surface area (Å²) >= 11 is 0. The number of esters is 1. The Morgan fingerprint density at radius 3 is 2.60 bits per heavy atom. The van der Waals surface area contributed by atoms with Crippen LogP contribution in [0.25, 0.3) is 21.8 Å². The van der Waals surface area contributed by atoms with E-state index in [0.717, 1.165) is 21.8 Å². The molecule has 4 N–H and O–H groups in total. The molecule has 1 unspecified atom stereocenters. The molecular formula is C19H20N2O4. The van der Waals surface area contributed by atoms with Crippen LogP contribution < -0.4 is 5.73 Å². The minimum atomic E-state index is -1.14. The number of benzene rings is 2. The van der Waals surface area contributed by atoms with Crippen LogP contribution in [0.4, 0.5) is 0 Å². The van der Waals surface area contributed by atoms with E-state index < -0.39 is 23.9 Å². The quantitative estimate of drug-likeness (QED) is 0.598. The summed E-state index contributed by atoms with van der Waals surface area (Å²) in [6, 6.07) is 12.3. The first kappa shape index (κ1) is 17.0. The fourth-order valence-electron chi connectivity index (χ4n) is 3.13. The van der Waals surface area contributed by atoms with Gasteiger partial charge in [-0.25, -0.2) is 0 Å². The van der Waals surface area contributed by atoms with Gasteiger partial charge in [0, 0.05) is 16.3 Å². The van der Waals surface area contributed by atoms with Crippen molar-refractivity contribution in [2.45, 2.75) is 25.3 Å². The smallest absolute Gasteiger partial charge is 0.320 e. The summed E-state index contributed by atoms with van der Waals surface area (Å²) in [5.41, 5.74) is 8.15. The molecule has 0 fully saturated rings. The third-order valence-corrected chi connectivity index (χ3v) is 4.33. The number of rotatable bonds is 6. The zero-order chi connectivity index (χ0) is 18.0. The Hall–Kier alpha value is -2.86. The average Bonchev–Trinajstić information content (AvgIpc) is 2.98. The van der Waals surface area contributed by atoms with Crippen molar-refractivity contribution in [1.82, 2.24) is 4.98 Å². The number of aromatic nitrogens is 1.